The van der Waals surface area contributed by atoms with Crippen LogP contribution < -0.4 is 10.9 Å². The summed E-state index contributed by atoms with van der Waals surface area (Å²) in [5.74, 6) is 7.08. The lowest BCUT2D eigenvalue weighted by atomic mass is 10.1. The molecule has 0 aliphatic carbocycles. The first-order chi connectivity index (χ1) is 10.1. The third-order valence-electron chi connectivity index (χ3n) is 3.28. The van der Waals surface area contributed by atoms with Crippen molar-refractivity contribution < 1.29 is 0 Å². The zero-order valence-electron chi connectivity index (χ0n) is 11.5. The standard InChI is InChI=1S/C14H15ClN6.CH4/c1-10-18-19-14(20(10)16)21-13(7-8-17-21)6-5-11-3-2-4-12(15)9-11;/h2-6,8-9,13H,7,16H2,1H3;1H4/b6-5+;. The van der Waals surface area contributed by atoms with Crippen LogP contribution in [0, 0.1) is 6.92 Å². The van der Waals surface area contributed by atoms with Gasteiger partial charge in [-0.2, -0.15) is 5.10 Å². The molecular formula is C15H19ClN6. The van der Waals surface area contributed by atoms with E-state index in [9.17, 15) is 0 Å². The molecule has 2 aromatic rings. The molecule has 1 aromatic carbocycles. The third kappa shape index (κ3) is 3.12. The number of nitrogens with two attached hydrogens (primary N) is 1. The van der Waals surface area contributed by atoms with Crippen LogP contribution in [0.4, 0.5) is 5.95 Å². The van der Waals surface area contributed by atoms with Gasteiger partial charge in [0.2, 0.25) is 0 Å². The SMILES string of the molecule is C.Cc1nnc(N2N=CCC2/C=C/c2cccc(Cl)c2)n1N. The number of aromatic nitrogens is 3. The van der Waals surface area contributed by atoms with E-state index in [0.29, 0.717) is 16.8 Å². The van der Waals surface area contributed by atoms with E-state index in [2.05, 4.69) is 21.4 Å². The van der Waals surface area contributed by atoms with Crippen LogP contribution in [0.2, 0.25) is 5.02 Å². The number of hydrogen-bond donors (Lipinski definition) is 1. The summed E-state index contributed by atoms with van der Waals surface area (Å²) in [5.41, 5.74) is 1.04. The summed E-state index contributed by atoms with van der Waals surface area (Å²) in [7, 11) is 0. The van der Waals surface area contributed by atoms with Crippen LogP contribution >= 0.6 is 11.6 Å². The van der Waals surface area contributed by atoms with Crippen molar-refractivity contribution in [3.05, 3.63) is 46.8 Å². The van der Waals surface area contributed by atoms with Crippen LogP contribution in [0.25, 0.3) is 6.08 Å². The molecule has 0 amide bonds. The fourth-order valence-corrected chi connectivity index (χ4v) is 2.33. The number of nitrogen functional groups attached to an aromatic ring is 1. The van der Waals surface area contributed by atoms with Crippen LogP contribution in [0.3, 0.4) is 0 Å². The van der Waals surface area contributed by atoms with E-state index in [1.165, 1.54) is 4.68 Å². The third-order valence-corrected chi connectivity index (χ3v) is 3.51. The molecule has 1 aliphatic heterocycles. The molecule has 0 bridgehead atoms. The molecule has 1 aromatic heterocycles. The Hall–Kier alpha value is -2.34. The van der Waals surface area contributed by atoms with Crippen molar-refractivity contribution in [2.24, 2.45) is 5.10 Å². The van der Waals surface area contributed by atoms with Crippen LogP contribution in [0.15, 0.2) is 35.4 Å². The van der Waals surface area contributed by atoms with Crippen LogP contribution in [-0.4, -0.2) is 27.1 Å². The molecular weight excluding hydrogens is 300 g/mol. The maximum Gasteiger partial charge on any atom is 0.267 e. The number of anilines is 1. The predicted octanol–water partition coefficient (Wildman–Crippen LogP) is 2.87. The first kappa shape index (κ1) is 16.0. The van der Waals surface area contributed by atoms with Gasteiger partial charge in [0.05, 0.1) is 6.04 Å². The highest BCUT2D eigenvalue weighted by molar-refractivity contribution is 6.30. The Balaban J connectivity index is 0.00000176. The van der Waals surface area contributed by atoms with E-state index in [0.717, 1.165) is 12.0 Å². The minimum absolute atomic E-state index is 0. The van der Waals surface area contributed by atoms with Crippen molar-refractivity contribution >= 4 is 29.8 Å². The first-order valence-corrected chi connectivity index (χ1v) is 6.95. The molecule has 22 heavy (non-hydrogen) atoms. The fourth-order valence-electron chi connectivity index (χ4n) is 2.14. The number of aryl methyl sites for hydroxylation is 1. The molecule has 0 fully saturated rings. The highest BCUT2D eigenvalue weighted by Crippen LogP contribution is 2.21. The van der Waals surface area contributed by atoms with Crippen molar-refractivity contribution in [2.45, 2.75) is 26.8 Å². The minimum atomic E-state index is 0. The lowest BCUT2D eigenvalue weighted by Gasteiger charge is -2.19. The molecule has 0 radical (unpaired) electrons. The van der Waals surface area contributed by atoms with Crippen molar-refractivity contribution in [3.63, 3.8) is 0 Å². The Morgan fingerprint density at radius 1 is 1.36 bits per heavy atom. The van der Waals surface area contributed by atoms with Gasteiger partial charge in [0.25, 0.3) is 5.95 Å². The topological polar surface area (TPSA) is 72.3 Å². The Bertz CT molecular complexity index is 706. The predicted molar refractivity (Wildman–Crippen MR) is 91.5 cm³/mol. The van der Waals surface area contributed by atoms with E-state index in [1.54, 1.807) is 11.9 Å². The smallest absolute Gasteiger partial charge is 0.267 e. The lowest BCUT2D eigenvalue weighted by molar-refractivity contribution is 0.738. The lowest BCUT2D eigenvalue weighted by Crippen LogP contribution is -2.29. The summed E-state index contributed by atoms with van der Waals surface area (Å²) in [6, 6.07) is 7.75. The summed E-state index contributed by atoms with van der Waals surface area (Å²) >= 11 is 5.98. The van der Waals surface area contributed by atoms with Crippen molar-refractivity contribution in [3.8, 4) is 0 Å². The molecule has 1 aliphatic rings. The van der Waals surface area contributed by atoms with E-state index in [-0.39, 0.29) is 13.5 Å². The summed E-state index contributed by atoms with van der Waals surface area (Å²) in [5, 5.41) is 14.8. The van der Waals surface area contributed by atoms with Gasteiger partial charge in [-0.05, 0) is 24.6 Å². The Morgan fingerprint density at radius 3 is 2.86 bits per heavy atom. The van der Waals surface area contributed by atoms with Gasteiger partial charge in [-0.3, -0.25) is 0 Å². The summed E-state index contributed by atoms with van der Waals surface area (Å²) in [6.45, 7) is 1.80. The number of halogens is 1. The highest BCUT2D eigenvalue weighted by atomic mass is 35.5. The zero-order chi connectivity index (χ0) is 14.8. The largest absolute Gasteiger partial charge is 0.335 e. The second-order valence-corrected chi connectivity index (χ2v) is 5.21. The average Bonchev–Trinajstić information content (AvgIpc) is 3.05. The average molecular weight is 319 g/mol. The van der Waals surface area contributed by atoms with Gasteiger partial charge in [0.15, 0.2) is 5.82 Å². The normalized spacial score (nSPS) is 17.2. The molecule has 1 unspecified atom stereocenters. The van der Waals surface area contributed by atoms with Gasteiger partial charge < -0.3 is 5.84 Å². The fraction of sp³-hybridized carbons (Fsp3) is 0.267. The Kier molecular flexibility index (Phi) is 4.82. The van der Waals surface area contributed by atoms with E-state index in [4.69, 9.17) is 17.4 Å². The molecule has 0 saturated carbocycles. The van der Waals surface area contributed by atoms with Crippen molar-refractivity contribution in [1.29, 1.82) is 0 Å². The number of nitrogens with zero attached hydrogens (tertiary/aromatic N) is 5. The summed E-state index contributed by atoms with van der Waals surface area (Å²) in [4.78, 5) is 0. The van der Waals surface area contributed by atoms with E-state index in [1.807, 2.05) is 36.6 Å². The number of rotatable bonds is 3. The molecule has 1 atom stereocenters. The first-order valence-electron chi connectivity index (χ1n) is 6.57. The maximum absolute atomic E-state index is 5.98. The molecule has 2 N–H and O–H groups in total. The highest BCUT2D eigenvalue weighted by Gasteiger charge is 2.24. The van der Waals surface area contributed by atoms with Gasteiger partial charge in [-0.1, -0.05) is 43.3 Å². The molecule has 0 spiro atoms. The van der Waals surface area contributed by atoms with Gasteiger partial charge >= 0.3 is 0 Å². The van der Waals surface area contributed by atoms with Gasteiger partial charge in [-0.25, -0.2) is 9.69 Å². The van der Waals surface area contributed by atoms with Gasteiger partial charge in [0, 0.05) is 17.7 Å². The number of benzene rings is 1. The Labute approximate surface area is 134 Å². The monoisotopic (exact) mass is 318 g/mol. The van der Waals surface area contributed by atoms with Gasteiger partial charge in [0.1, 0.15) is 0 Å². The second kappa shape index (κ2) is 6.62. The molecule has 6 nitrogen and oxygen atoms in total. The van der Waals surface area contributed by atoms with Crippen molar-refractivity contribution in [2.75, 3.05) is 10.9 Å². The minimum Gasteiger partial charge on any atom is -0.335 e. The van der Waals surface area contributed by atoms with Crippen LogP contribution in [-0.2, 0) is 0 Å². The summed E-state index contributed by atoms with van der Waals surface area (Å²) in [6.07, 6.45) is 6.71. The maximum atomic E-state index is 5.98. The molecule has 2 heterocycles. The van der Waals surface area contributed by atoms with Gasteiger partial charge in [-0.15, -0.1) is 10.2 Å². The van der Waals surface area contributed by atoms with E-state index >= 15 is 0 Å². The number of hydrazone groups is 1. The molecule has 116 valence electrons. The Morgan fingerprint density at radius 2 is 2.18 bits per heavy atom. The number of hydrogen-bond acceptors (Lipinski definition) is 5. The quantitative estimate of drug-likeness (QED) is 0.883. The summed E-state index contributed by atoms with van der Waals surface area (Å²) < 4.78 is 1.43. The van der Waals surface area contributed by atoms with Crippen molar-refractivity contribution in [1.82, 2.24) is 14.9 Å². The molecule has 7 heteroatoms. The second-order valence-electron chi connectivity index (χ2n) is 4.78. The van der Waals surface area contributed by atoms with Crippen LogP contribution in [0.1, 0.15) is 25.2 Å². The van der Waals surface area contributed by atoms with E-state index < -0.39 is 0 Å². The van der Waals surface area contributed by atoms with Crippen LogP contribution in [0.5, 0.6) is 0 Å². The zero-order valence-corrected chi connectivity index (χ0v) is 12.3. The molecule has 3 rings (SSSR count). The molecule has 0 saturated heterocycles.